The Balaban J connectivity index is 2.35. The zero-order valence-electron chi connectivity index (χ0n) is 12.8. The van der Waals surface area contributed by atoms with Gasteiger partial charge in [0.05, 0.1) is 19.1 Å². The molecule has 0 saturated heterocycles. The Hall–Kier alpha value is -1.55. The third-order valence-corrected chi connectivity index (χ3v) is 3.09. The van der Waals surface area contributed by atoms with Gasteiger partial charge in [0.1, 0.15) is 5.75 Å². The number of carbonyl (C=O) groups excluding carboxylic acids is 1. The molecule has 2 N–H and O–H groups in total. The fraction of sp³-hybridized carbons (Fsp3) is 0.562. The molecule has 0 aromatic heterocycles. The lowest BCUT2D eigenvalue weighted by Gasteiger charge is -2.16. The van der Waals surface area contributed by atoms with E-state index in [1.165, 1.54) is 0 Å². The molecule has 1 amide bonds. The van der Waals surface area contributed by atoms with Crippen LogP contribution in [0.1, 0.15) is 37.8 Å². The summed E-state index contributed by atoms with van der Waals surface area (Å²) < 4.78 is 5.69. The fourth-order valence-electron chi connectivity index (χ4n) is 2.19. The van der Waals surface area contributed by atoms with Gasteiger partial charge in [0, 0.05) is 6.04 Å². The van der Waals surface area contributed by atoms with Crippen LogP contribution in [0, 0.1) is 13.8 Å². The normalized spacial score (nSPS) is 13.7. The number of aliphatic hydroxyl groups is 1. The van der Waals surface area contributed by atoms with Crippen LogP contribution in [0.5, 0.6) is 5.75 Å². The summed E-state index contributed by atoms with van der Waals surface area (Å²) in [5.74, 6) is 0.807. The van der Waals surface area contributed by atoms with E-state index in [1.54, 1.807) is 6.92 Å². The first-order chi connectivity index (χ1) is 9.40. The summed E-state index contributed by atoms with van der Waals surface area (Å²) in [5.41, 5.74) is 2.15. The molecular weight excluding hydrogens is 254 g/mol. The van der Waals surface area contributed by atoms with E-state index in [2.05, 4.69) is 5.32 Å². The van der Waals surface area contributed by atoms with Crippen molar-refractivity contribution < 1.29 is 14.6 Å². The summed E-state index contributed by atoms with van der Waals surface area (Å²) >= 11 is 0. The van der Waals surface area contributed by atoms with Crippen LogP contribution in [0.4, 0.5) is 0 Å². The molecule has 0 bridgehead atoms. The van der Waals surface area contributed by atoms with Gasteiger partial charge in [-0.15, -0.1) is 0 Å². The zero-order chi connectivity index (χ0) is 15.1. The molecule has 2 unspecified atom stereocenters. The lowest BCUT2D eigenvalue weighted by atomic mass is 10.1. The van der Waals surface area contributed by atoms with Crippen LogP contribution in [0.15, 0.2) is 18.2 Å². The third kappa shape index (κ3) is 5.61. The average molecular weight is 279 g/mol. The smallest absolute Gasteiger partial charge is 0.223 e. The van der Waals surface area contributed by atoms with Crippen molar-refractivity contribution in [2.75, 3.05) is 6.61 Å². The van der Waals surface area contributed by atoms with Crippen molar-refractivity contribution in [3.8, 4) is 5.75 Å². The lowest BCUT2D eigenvalue weighted by Crippen LogP contribution is -2.35. The number of hydrogen-bond acceptors (Lipinski definition) is 3. The number of hydrogen-bond donors (Lipinski definition) is 2. The third-order valence-electron chi connectivity index (χ3n) is 3.09. The second kappa shape index (κ2) is 7.90. The quantitative estimate of drug-likeness (QED) is 0.805. The summed E-state index contributed by atoms with van der Waals surface area (Å²) in [7, 11) is 0. The predicted molar refractivity (Wildman–Crippen MR) is 79.9 cm³/mol. The number of para-hydroxylation sites is 1. The van der Waals surface area contributed by atoms with Gasteiger partial charge in [0.2, 0.25) is 5.91 Å². The van der Waals surface area contributed by atoms with Crippen LogP contribution < -0.4 is 10.1 Å². The van der Waals surface area contributed by atoms with Gasteiger partial charge in [0.15, 0.2) is 0 Å². The first-order valence-electron chi connectivity index (χ1n) is 7.06. The SMILES string of the molecule is Cc1cccc(C)c1OCCC(=O)NC(C)CC(C)O. The number of amides is 1. The van der Waals surface area contributed by atoms with Crippen molar-refractivity contribution in [2.45, 2.75) is 52.7 Å². The lowest BCUT2D eigenvalue weighted by molar-refractivity contribution is -0.122. The molecule has 2 atom stereocenters. The minimum absolute atomic E-state index is 0.0253. The van der Waals surface area contributed by atoms with Gasteiger partial charge in [-0.1, -0.05) is 18.2 Å². The molecule has 1 aromatic carbocycles. The molecule has 0 aliphatic heterocycles. The average Bonchev–Trinajstić information content (AvgIpc) is 2.31. The highest BCUT2D eigenvalue weighted by Crippen LogP contribution is 2.22. The van der Waals surface area contributed by atoms with Crippen molar-refractivity contribution in [3.05, 3.63) is 29.3 Å². The largest absolute Gasteiger partial charge is 0.493 e. The second-order valence-corrected chi connectivity index (χ2v) is 5.37. The first-order valence-corrected chi connectivity index (χ1v) is 7.06. The van der Waals surface area contributed by atoms with Crippen molar-refractivity contribution >= 4 is 5.91 Å². The molecule has 0 aliphatic carbocycles. The van der Waals surface area contributed by atoms with Gasteiger partial charge < -0.3 is 15.2 Å². The Morgan fingerprint density at radius 1 is 1.30 bits per heavy atom. The molecule has 1 aromatic rings. The van der Waals surface area contributed by atoms with Gasteiger partial charge in [-0.05, 0) is 45.2 Å². The minimum atomic E-state index is -0.406. The van der Waals surface area contributed by atoms with Crippen molar-refractivity contribution in [1.29, 1.82) is 0 Å². The predicted octanol–water partition coefficient (Wildman–Crippen LogP) is 2.35. The molecule has 1 rings (SSSR count). The number of nitrogens with one attached hydrogen (secondary N) is 1. The molecule has 112 valence electrons. The standard InChI is InChI=1S/C16H25NO3/c1-11-6-5-7-12(2)16(11)20-9-8-15(19)17-13(3)10-14(4)18/h5-7,13-14,18H,8-10H2,1-4H3,(H,17,19). The molecule has 0 aliphatic rings. The Labute approximate surface area is 121 Å². The maximum atomic E-state index is 11.7. The number of rotatable bonds is 7. The summed E-state index contributed by atoms with van der Waals surface area (Å²) in [5, 5.41) is 12.1. The monoisotopic (exact) mass is 279 g/mol. The van der Waals surface area contributed by atoms with Crippen molar-refractivity contribution in [1.82, 2.24) is 5.32 Å². The van der Waals surface area contributed by atoms with E-state index in [1.807, 2.05) is 39.0 Å². The molecule has 0 fully saturated rings. The maximum Gasteiger partial charge on any atom is 0.223 e. The zero-order valence-corrected chi connectivity index (χ0v) is 12.8. The number of ether oxygens (including phenoxy) is 1. The molecule has 20 heavy (non-hydrogen) atoms. The van der Waals surface area contributed by atoms with Gasteiger partial charge in [-0.3, -0.25) is 4.79 Å². The van der Waals surface area contributed by atoms with Gasteiger partial charge >= 0.3 is 0 Å². The fourth-order valence-corrected chi connectivity index (χ4v) is 2.19. The van der Waals surface area contributed by atoms with Crippen LogP contribution in [-0.2, 0) is 4.79 Å². The highest BCUT2D eigenvalue weighted by Gasteiger charge is 2.10. The van der Waals surface area contributed by atoms with Crippen LogP contribution in [0.25, 0.3) is 0 Å². The van der Waals surface area contributed by atoms with E-state index in [9.17, 15) is 9.90 Å². The van der Waals surface area contributed by atoms with Crippen LogP contribution in [-0.4, -0.2) is 29.8 Å². The Bertz CT molecular complexity index is 423. The molecule has 0 spiro atoms. The summed E-state index contributed by atoms with van der Waals surface area (Å²) in [6.45, 7) is 7.95. The summed E-state index contributed by atoms with van der Waals surface area (Å²) in [6.07, 6.45) is 0.470. The number of aliphatic hydroxyl groups excluding tert-OH is 1. The molecule has 0 saturated carbocycles. The highest BCUT2D eigenvalue weighted by atomic mass is 16.5. The van der Waals surface area contributed by atoms with E-state index in [4.69, 9.17) is 4.74 Å². The van der Waals surface area contributed by atoms with Gasteiger partial charge in [0.25, 0.3) is 0 Å². The van der Waals surface area contributed by atoms with Crippen molar-refractivity contribution in [2.24, 2.45) is 0 Å². The van der Waals surface area contributed by atoms with E-state index in [-0.39, 0.29) is 11.9 Å². The van der Waals surface area contributed by atoms with Gasteiger partial charge in [-0.2, -0.15) is 0 Å². The topological polar surface area (TPSA) is 58.6 Å². The summed E-state index contributed by atoms with van der Waals surface area (Å²) in [4.78, 5) is 11.7. The van der Waals surface area contributed by atoms with E-state index >= 15 is 0 Å². The van der Waals surface area contributed by atoms with Crippen LogP contribution in [0.2, 0.25) is 0 Å². The summed E-state index contributed by atoms with van der Waals surface area (Å²) in [6, 6.07) is 5.95. The van der Waals surface area contributed by atoms with Crippen molar-refractivity contribution in [3.63, 3.8) is 0 Å². The molecular formula is C16H25NO3. The van der Waals surface area contributed by atoms with E-state index < -0.39 is 6.10 Å². The number of aryl methyl sites for hydroxylation is 2. The Kier molecular flexibility index (Phi) is 6.52. The number of benzene rings is 1. The second-order valence-electron chi connectivity index (χ2n) is 5.37. The first kappa shape index (κ1) is 16.5. The van der Waals surface area contributed by atoms with Gasteiger partial charge in [-0.25, -0.2) is 0 Å². The molecule has 4 nitrogen and oxygen atoms in total. The Morgan fingerprint density at radius 2 is 1.90 bits per heavy atom. The van der Waals surface area contributed by atoms with Crippen LogP contribution in [0.3, 0.4) is 0 Å². The minimum Gasteiger partial charge on any atom is -0.493 e. The maximum absolute atomic E-state index is 11.7. The molecule has 0 radical (unpaired) electrons. The van der Waals surface area contributed by atoms with Crippen LogP contribution >= 0.6 is 0 Å². The molecule has 0 heterocycles. The Morgan fingerprint density at radius 3 is 2.45 bits per heavy atom. The molecule has 4 heteroatoms. The van der Waals surface area contributed by atoms with E-state index in [0.717, 1.165) is 16.9 Å². The number of carbonyl (C=O) groups is 1. The van der Waals surface area contributed by atoms with E-state index in [0.29, 0.717) is 19.4 Å². The highest BCUT2D eigenvalue weighted by molar-refractivity contribution is 5.76.